The van der Waals surface area contributed by atoms with Crippen molar-refractivity contribution in [2.75, 3.05) is 52.5 Å². The Morgan fingerprint density at radius 2 is 1.89 bits per heavy atom. The molecule has 1 atom stereocenters. The second-order valence-corrected chi connectivity index (χ2v) is 5.15. The van der Waals surface area contributed by atoms with Gasteiger partial charge in [0, 0.05) is 19.6 Å². The lowest BCUT2D eigenvalue weighted by Gasteiger charge is -2.39. The number of carbonyl (C=O) groups excluding carboxylic acids is 2. The van der Waals surface area contributed by atoms with Gasteiger partial charge in [0.25, 0.3) is 5.91 Å². The fourth-order valence-corrected chi connectivity index (χ4v) is 2.28. The van der Waals surface area contributed by atoms with Gasteiger partial charge in [-0.2, -0.15) is 0 Å². The maximum absolute atomic E-state index is 12.2. The minimum atomic E-state index is -1.07. The fraction of sp³-hybridized carbons (Fsp3) is 0.833. The second kappa shape index (κ2) is 5.85. The van der Waals surface area contributed by atoms with Gasteiger partial charge in [0.15, 0.2) is 5.60 Å². The van der Waals surface area contributed by atoms with E-state index in [1.54, 1.807) is 11.8 Å². The van der Waals surface area contributed by atoms with Crippen LogP contribution in [-0.4, -0.2) is 79.8 Å². The zero-order valence-corrected chi connectivity index (χ0v) is 11.3. The van der Waals surface area contributed by atoms with E-state index in [0.29, 0.717) is 32.9 Å². The number of nitrogens with two attached hydrogens (primary N) is 1. The molecule has 2 rings (SSSR count). The smallest absolute Gasteiger partial charge is 0.251 e. The number of ether oxygens (including phenoxy) is 2. The Morgan fingerprint density at radius 1 is 1.21 bits per heavy atom. The topological polar surface area (TPSA) is 85.1 Å². The molecule has 0 aliphatic carbocycles. The van der Waals surface area contributed by atoms with Crippen molar-refractivity contribution in [1.29, 1.82) is 0 Å². The highest BCUT2D eigenvalue weighted by Crippen LogP contribution is 2.17. The van der Waals surface area contributed by atoms with E-state index in [4.69, 9.17) is 15.2 Å². The Labute approximate surface area is 112 Å². The molecule has 0 saturated carbocycles. The number of hydrogen-bond acceptors (Lipinski definition) is 5. The van der Waals surface area contributed by atoms with Crippen LogP contribution in [0.1, 0.15) is 6.92 Å². The summed E-state index contributed by atoms with van der Waals surface area (Å²) >= 11 is 0. The van der Waals surface area contributed by atoms with Crippen molar-refractivity contribution in [3.05, 3.63) is 0 Å². The fourth-order valence-electron chi connectivity index (χ4n) is 2.28. The summed E-state index contributed by atoms with van der Waals surface area (Å²) in [5, 5.41) is 0. The molecular weight excluding hydrogens is 250 g/mol. The van der Waals surface area contributed by atoms with Gasteiger partial charge in [-0.15, -0.1) is 0 Å². The van der Waals surface area contributed by atoms with E-state index >= 15 is 0 Å². The Morgan fingerprint density at radius 3 is 2.53 bits per heavy atom. The van der Waals surface area contributed by atoms with Crippen LogP contribution >= 0.6 is 0 Å². The van der Waals surface area contributed by atoms with Crippen LogP contribution in [0.3, 0.4) is 0 Å². The molecule has 2 fully saturated rings. The standard InChI is InChI=1S/C12H21N3O4/c1-12(11(13)17)9-15(4-7-19-12)10(16)8-14-2-5-18-6-3-14/h2-9H2,1H3,(H2,13,17)/t12-/m0/s1. The Bertz CT molecular complexity index is 357. The van der Waals surface area contributed by atoms with Gasteiger partial charge >= 0.3 is 0 Å². The zero-order valence-electron chi connectivity index (χ0n) is 11.3. The summed E-state index contributed by atoms with van der Waals surface area (Å²) in [5.74, 6) is -0.519. The molecule has 0 radical (unpaired) electrons. The largest absolute Gasteiger partial charge is 0.379 e. The lowest BCUT2D eigenvalue weighted by Crippen LogP contribution is -2.59. The molecule has 0 unspecified atom stereocenters. The van der Waals surface area contributed by atoms with Crippen LogP contribution in [0.15, 0.2) is 0 Å². The Hall–Kier alpha value is -1.18. The number of rotatable bonds is 3. The Kier molecular flexibility index (Phi) is 4.38. The van der Waals surface area contributed by atoms with E-state index in [1.807, 2.05) is 0 Å². The summed E-state index contributed by atoms with van der Waals surface area (Å²) in [5.41, 5.74) is 4.25. The highest BCUT2D eigenvalue weighted by Gasteiger charge is 2.39. The van der Waals surface area contributed by atoms with Crippen LogP contribution in [0.5, 0.6) is 0 Å². The quantitative estimate of drug-likeness (QED) is 0.670. The highest BCUT2D eigenvalue weighted by molar-refractivity contribution is 5.85. The van der Waals surface area contributed by atoms with Gasteiger partial charge < -0.3 is 20.1 Å². The first-order valence-electron chi connectivity index (χ1n) is 6.53. The van der Waals surface area contributed by atoms with Gasteiger partial charge in [-0.3, -0.25) is 14.5 Å². The van der Waals surface area contributed by atoms with Crippen molar-refractivity contribution in [3.8, 4) is 0 Å². The number of carbonyl (C=O) groups is 2. The molecule has 2 saturated heterocycles. The number of primary amides is 1. The van der Waals surface area contributed by atoms with E-state index in [-0.39, 0.29) is 12.5 Å². The molecule has 0 aromatic rings. The van der Waals surface area contributed by atoms with Crippen molar-refractivity contribution in [2.45, 2.75) is 12.5 Å². The van der Waals surface area contributed by atoms with Gasteiger partial charge in [-0.25, -0.2) is 0 Å². The van der Waals surface area contributed by atoms with E-state index in [9.17, 15) is 9.59 Å². The summed E-state index contributed by atoms with van der Waals surface area (Å²) in [6, 6.07) is 0. The third kappa shape index (κ3) is 3.43. The molecule has 7 nitrogen and oxygen atoms in total. The van der Waals surface area contributed by atoms with E-state index in [1.165, 1.54) is 0 Å². The summed E-state index contributed by atoms with van der Waals surface area (Å²) in [7, 11) is 0. The molecule has 2 aliphatic heterocycles. The summed E-state index contributed by atoms with van der Waals surface area (Å²) < 4.78 is 10.6. The molecule has 0 bridgehead atoms. The molecule has 0 aromatic heterocycles. The van der Waals surface area contributed by atoms with Crippen LogP contribution in [0, 0.1) is 0 Å². The first kappa shape index (κ1) is 14.2. The van der Waals surface area contributed by atoms with Crippen molar-refractivity contribution in [3.63, 3.8) is 0 Å². The van der Waals surface area contributed by atoms with E-state index in [0.717, 1.165) is 13.1 Å². The summed E-state index contributed by atoms with van der Waals surface area (Å²) in [6.07, 6.45) is 0. The molecule has 2 N–H and O–H groups in total. The molecule has 19 heavy (non-hydrogen) atoms. The lowest BCUT2D eigenvalue weighted by molar-refractivity contribution is -0.161. The van der Waals surface area contributed by atoms with Crippen LogP contribution < -0.4 is 5.73 Å². The van der Waals surface area contributed by atoms with Crippen LogP contribution in [0.2, 0.25) is 0 Å². The average molecular weight is 271 g/mol. The SMILES string of the molecule is C[C@@]1(C(N)=O)CN(C(=O)CN2CCOCC2)CCO1. The minimum Gasteiger partial charge on any atom is -0.379 e. The molecule has 0 aromatic carbocycles. The van der Waals surface area contributed by atoms with Crippen molar-refractivity contribution in [1.82, 2.24) is 9.80 Å². The van der Waals surface area contributed by atoms with Crippen molar-refractivity contribution in [2.24, 2.45) is 5.73 Å². The van der Waals surface area contributed by atoms with Crippen LogP contribution in [0.4, 0.5) is 0 Å². The number of hydrogen-bond donors (Lipinski definition) is 1. The third-order valence-corrected chi connectivity index (χ3v) is 3.61. The zero-order chi connectivity index (χ0) is 13.9. The predicted molar refractivity (Wildman–Crippen MR) is 67.4 cm³/mol. The second-order valence-electron chi connectivity index (χ2n) is 5.15. The number of nitrogens with zero attached hydrogens (tertiary/aromatic N) is 2. The third-order valence-electron chi connectivity index (χ3n) is 3.61. The molecule has 7 heteroatoms. The molecule has 2 aliphatic rings. The molecule has 2 amide bonds. The first-order chi connectivity index (χ1) is 9.01. The number of amides is 2. The van der Waals surface area contributed by atoms with E-state index < -0.39 is 11.5 Å². The average Bonchev–Trinajstić information content (AvgIpc) is 2.40. The molecule has 2 heterocycles. The monoisotopic (exact) mass is 271 g/mol. The van der Waals surface area contributed by atoms with Crippen molar-refractivity contribution >= 4 is 11.8 Å². The number of morpholine rings is 2. The van der Waals surface area contributed by atoms with Gasteiger partial charge in [-0.1, -0.05) is 0 Å². The van der Waals surface area contributed by atoms with Gasteiger partial charge in [-0.05, 0) is 6.92 Å². The minimum absolute atomic E-state index is 0.0117. The summed E-state index contributed by atoms with van der Waals surface area (Å²) in [6.45, 7) is 5.92. The molecular formula is C12H21N3O4. The van der Waals surface area contributed by atoms with Crippen LogP contribution in [-0.2, 0) is 19.1 Å². The maximum Gasteiger partial charge on any atom is 0.251 e. The molecule has 108 valence electrons. The van der Waals surface area contributed by atoms with Gasteiger partial charge in [0.2, 0.25) is 5.91 Å². The van der Waals surface area contributed by atoms with E-state index in [2.05, 4.69) is 4.90 Å². The predicted octanol–water partition coefficient (Wildman–Crippen LogP) is -1.58. The van der Waals surface area contributed by atoms with Gasteiger partial charge in [0.1, 0.15) is 0 Å². The summed E-state index contributed by atoms with van der Waals surface area (Å²) in [4.78, 5) is 27.3. The normalized spacial score (nSPS) is 29.2. The highest BCUT2D eigenvalue weighted by atomic mass is 16.5. The van der Waals surface area contributed by atoms with Gasteiger partial charge in [0.05, 0.1) is 32.9 Å². The maximum atomic E-state index is 12.2. The van der Waals surface area contributed by atoms with Crippen LogP contribution in [0.25, 0.3) is 0 Å². The Balaban J connectivity index is 1.89. The first-order valence-corrected chi connectivity index (χ1v) is 6.53. The molecule has 0 spiro atoms. The lowest BCUT2D eigenvalue weighted by atomic mass is 10.0. The van der Waals surface area contributed by atoms with Crippen molar-refractivity contribution < 1.29 is 19.1 Å².